The van der Waals surface area contributed by atoms with E-state index >= 15 is 0 Å². The quantitative estimate of drug-likeness (QED) is 0.705. The molecule has 0 heterocycles. The molecule has 0 radical (unpaired) electrons. The number of hydrogen-bond donors (Lipinski definition) is 1. The van der Waals surface area contributed by atoms with Crippen molar-refractivity contribution in [1.82, 2.24) is 5.09 Å². The molecular weight excluding hydrogens is 185 g/mol. The summed E-state index contributed by atoms with van der Waals surface area (Å²) in [4.78, 5) is 0. The van der Waals surface area contributed by atoms with Crippen molar-refractivity contribution in [2.75, 3.05) is 12.5 Å². The van der Waals surface area contributed by atoms with Crippen LogP contribution in [0.25, 0.3) is 0 Å². The van der Waals surface area contributed by atoms with Gasteiger partial charge in [0.1, 0.15) is 0 Å². The highest BCUT2D eigenvalue weighted by atomic mass is 33.1. The molecule has 0 spiro atoms. The van der Waals surface area contributed by atoms with Crippen molar-refractivity contribution in [3.05, 3.63) is 0 Å². The van der Waals surface area contributed by atoms with Crippen molar-refractivity contribution < 1.29 is 4.57 Å². The molecule has 0 aromatic rings. The molecule has 0 aliphatic rings. The molecule has 0 saturated heterocycles. The van der Waals surface area contributed by atoms with Gasteiger partial charge in [0.05, 0.1) is 0 Å². The Morgan fingerprint density at radius 3 is 1.80 bits per heavy atom. The highest BCUT2D eigenvalue weighted by Gasteiger charge is 2.18. The Morgan fingerprint density at radius 1 is 1.30 bits per heavy atom. The van der Waals surface area contributed by atoms with Gasteiger partial charge in [0.15, 0.2) is 0 Å². The fraction of sp³-hybridized carbons (Fsp3) is 1.00. The molecule has 0 aromatic carbocycles. The van der Waals surface area contributed by atoms with Crippen molar-refractivity contribution in [1.29, 1.82) is 0 Å². The second-order valence-corrected chi connectivity index (χ2v) is 10.1. The fourth-order valence-corrected chi connectivity index (χ4v) is 5.17. The smallest absolute Gasteiger partial charge is 0.254 e. The van der Waals surface area contributed by atoms with Crippen LogP contribution in [0.3, 0.4) is 0 Å². The first kappa shape index (κ1) is 10.9. The zero-order valence-corrected chi connectivity index (χ0v) is 9.28. The van der Waals surface area contributed by atoms with Crippen molar-refractivity contribution in [2.45, 2.75) is 19.9 Å². The zero-order valence-electron chi connectivity index (χ0n) is 6.75. The van der Waals surface area contributed by atoms with Crippen molar-refractivity contribution in [2.24, 2.45) is 0 Å². The van der Waals surface area contributed by atoms with Crippen LogP contribution < -0.4 is 5.09 Å². The molecule has 0 rings (SSSR count). The Balaban J connectivity index is 3.94. The summed E-state index contributed by atoms with van der Waals surface area (Å²) >= 11 is 2.82. The lowest BCUT2D eigenvalue weighted by Crippen LogP contribution is -2.16. The van der Waals surface area contributed by atoms with Crippen LogP contribution in [0, 0.1) is 0 Å². The van der Waals surface area contributed by atoms with E-state index in [1.165, 1.54) is 22.8 Å². The van der Waals surface area contributed by atoms with E-state index in [2.05, 4.69) is 5.09 Å². The monoisotopic (exact) mass is 199 g/mol. The lowest BCUT2D eigenvalue weighted by Gasteiger charge is -2.16. The standard InChI is InChI=1S/C5H14NOPS2/c1-5(2)6-8(7,9-3)10-4/h5H,1-4H3,(H,6,7). The molecule has 10 heavy (non-hydrogen) atoms. The summed E-state index contributed by atoms with van der Waals surface area (Å²) < 4.78 is 11.6. The molecule has 0 fully saturated rings. The number of hydrogen-bond acceptors (Lipinski definition) is 3. The summed E-state index contributed by atoms with van der Waals surface area (Å²) in [5.41, 5.74) is -2.15. The third-order valence-electron chi connectivity index (χ3n) is 0.897. The molecule has 0 amide bonds. The van der Waals surface area contributed by atoms with E-state index in [4.69, 9.17) is 0 Å². The summed E-state index contributed by atoms with van der Waals surface area (Å²) in [5.74, 6) is 0. The van der Waals surface area contributed by atoms with Crippen LogP contribution in [0.5, 0.6) is 0 Å². The van der Waals surface area contributed by atoms with Crippen molar-refractivity contribution in [3.8, 4) is 0 Å². The predicted molar refractivity (Wildman–Crippen MR) is 52.9 cm³/mol. The Bertz CT molecular complexity index is 132. The second-order valence-electron chi connectivity index (χ2n) is 2.15. The topological polar surface area (TPSA) is 29.1 Å². The van der Waals surface area contributed by atoms with Gasteiger partial charge in [-0.2, -0.15) is 0 Å². The highest BCUT2D eigenvalue weighted by molar-refractivity contribution is 8.89. The average Bonchev–Trinajstić information content (AvgIpc) is 1.87. The molecular formula is C5H14NOPS2. The first-order valence-corrected chi connectivity index (χ1v) is 8.40. The van der Waals surface area contributed by atoms with Crippen molar-refractivity contribution >= 4 is 28.5 Å². The van der Waals surface area contributed by atoms with Gasteiger partial charge in [0.2, 0.25) is 0 Å². The van der Waals surface area contributed by atoms with Gasteiger partial charge in [-0.1, -0.05) is 22.8 Å². The maximum atomic E-state index is 11.6. The minimum absolute atomic E-state index is 0.297. The van der Waals surface area contributed by atoms with Crippen LogP contribution in [-0.4, -0.2) is 18.6 Å². The van der Waals surface area contributed by atoms with Crippen LogP contribution in [0.2, 0.25) is 0 Å². The molecule has 0 aromatic heterocycles. The van der Waals surface area contributed by atoms with Gasteiger partial charge in [-0.3, -0.25) is 4.57 Å². The normalized spacial score (nSPS) is 12.5. The maximum Gasteiger partial charge on any atom is 0.254 e. The third-order valence-corrected chi connectivity index (χ3v) is 8.89. The Hall–Kier alpha value is 0.890. The van der Waals surface area contributed by atoms with E-state index in [1.54, 1.807) is 0 Å². The Labute approximate surface area is 70.8 Å². The van der Waals surface area contributed by atoms with E-state index in [1.807, 2.05) is 26.4 Å². The number of rotatable bonds is 4. The molecule has 5 heteroatoms. The van der Waals surface area contributed by atoms with Gasteiger partial charge >= 0.3 is 0 Å². The minimum Gasteiger partial charge on any atom is -0.283 e. The largest absolute Gasteiger partial charge is 0.283 e. The molecule has 0 aliphatic carbocycles. The summed E-state index contributed by atoms with van der Waals surface area (Å²) in [7, 11) is 0. The van der Waals surface area contributed by atoms with Crippen LogP contribution >= 0.6 is 28.5 Å². The molecule has 2 nitrogen and oxygen atoms in total. The molecule has 62 valence electrons. The molecule has 0 atom stereocenters. The lowest BCUT2D eigenvalue weighted by atomic mass is 10.4. The zero-order chi connectivity index (χ0) is 8.20. The minimum atomic E-state index is -2.15. The first-order valence-electron chi connectivity index (χ1n) is 3.03. The van der Waals surface area contributed by atoms with E-state index < -0.39 is 5.70 Å². The van der Waals surface area contributed by atoms with Crippen LogP contribution in [0.15, 0.2) is 0 Å². The lowest BCUT2D eigenvalue weighted by molar-refractivity contribution is 0.578. The summed E-state index contributed by atoms with van der Waals surface area (Å²) in [6.45, 7) is 4.00. The average molecular weight is 199 g/mol. The van der Waals surface area contributed by atoms with E-state index in [0.717, 1.165) is 0 Å². The molecule has 1 N–H and O–H groups in total. The van der Waals surface area contributed by atoms with Crippen LogP contribution in [0.4, 0.5) is 0 Å². The van der Waals surface area contributed by atoms with Gasteiger partial charge in [-0.15, -0.1) is 0 Å². The maximum absolute atomic E-state index is 11.6. The Kier molecular flexibility index (Phi) is 5.12. The van der Waals surface area contributed by atoms with Gasteiger partial charge in [0.25, 0.3) is 5.70 Å². The summed E-state index contributed by atoms with van der Waals surface area (Å²) in [6, 6.07) is 0.297. The van der Waals surface area contributed by atoms with Gasteiger partial charge in [0, 0.05) is 6.04 Å². The van der Waals surface area contributed by atoms with Crippen LogP contribution in [0.1, 0.15) is 13.8 Å². The molecule has 0 unspecified atom stereocenters. The van der Waals surface area contributed by atoms with Crippen LogP contribution in [-0.2, 0) is 4.57 Å². The van der Waals surface area contributed by atoms with E-state index in [0.29, 0.717) is 6.04 Å². The summed E-state index contributed by atoms with van der Waals surface area (Å²) in [6.07, 6.45) is 3.74. The highest BCUT2D eigenvalue weighted by Crippen LogP contribution is 2.63. The molecule has 0 aliphatic heterocycles. The first-order chi connectivity index (χ1) is 4.54. The van der Waals surface area contributed by atoms with Crippen molar-refractivity contribution in [3.63, 3.8) is 0 Å². The second kappa shape index (κ2) is 4.70. The predicted octanol–water partition coefficient (Wildman–Crippen LogP) is 2.82. The number of nitrogens with one attached hydrogen (secondary N) is 1. The fourth-order valence-electron chi connectivity index (χ4n) is 0.496. The van der Waals surface area contributed by atoms with E-state index in [9.17, 15) is 4.57 Å². The van der Waals surface area contributed by atoms with Gasteiger partial charge in [-0.05, 0) is 26.4 Å². The third kappa shape index (κ3) is 3.91. The molecule has 0 saturated carbocycles. The van der Waals surface area contributed by atoms with Gasteiger partial charge < -0.3 is 0 Å². The van der Waals surface area contributed by atoms with Gasteiger partial charge in [-0.25, -0.2) is 5.09 Å². The summed E-state index contributed by atoms with van der Waals surface area (Å²) in [5, 5.41) is 3.04. The Morgan fingerprint density at radius 2 is 1.70 bits per heavy atom. The van der Waals surface area contributed by atoms with E-state index in [-0.39, 0.29) is 0 Å². The SMILES string of the molecule is CSP(=O)(NC(C)C)SC. The molecule has 0 bridgehead atoms.